The molecule has 2 aromatic heterocycles. The van der Waals surface area contributed by atoms with E-state index in [1.807, 2.05) is 26.1 Å². The molecule has 1 saturated heterocycles. The number of nitrogens with zero attached hydrogens (tertiary/aromatic N) is 5. The van der Waals surface area contributed by atoms with Crippen LogP contribution in [0.5, 0.6) is 0 Å². The normalized spacial score (nSPS) is 17.8. The molecular formula is C17H24N6O2. The lowest BCUT2D eigenvalue weighted by atomic mass is 10.0. The Morgan fingerprint density at radius 3 is 2.92 bits per heavy atom. The van der Waals surface area contributed by atoms with Crippen molar-refractivity contribution in [2.75, 3.05) is 36.9 Å². The number of aromatic nitrogens is 3. The number of piperidine rings is 1. The maximum Gasteiger partial charge on any atom is 0.239 e. The van der Waals surface area contributed by atoms with Crippen LogP contribution in [-0.4, -0.2) is 58.9 Å². The lowest BCUT2D eigenvalue weighted by Crippen LogP contribution is -2.48. The largest absolute Gasteiger partial charge is 0.360 e. The Kier molecular flexibility index (Phi) is 5.28. The van der Waals surface area contributed by atoms with Crippen molar-refractivity contribution in [3.8, 4) is 0 Å². The van der Waals surface area contributed by atoms with Crippen LogP contribution >= 0.6 is 0 Å². The molecular weight excluding hydrogens is 320 g/mol. The zero-order valence-electron chi connectivity index (χ0n) is 14.9. The fraction of sp³-hybridized carbons (Fsp3) is 0.529. The van der Waals surface area contributed by atoms with E-state index in [0.717, 1.165) is 37.4 Å². The Bertz CT molecular complexity index is 714. The lowest BCUT2D eigenvalue weighted by Gasteiger charge is -2.37. The fourth-order valence-electron chi connectivity index (χ4n) is 3.05. The van der Waals surface area contributed by atoms with Gasteiger partial charge in [0, 0.05) is 25.2 Å². The van der Waals surface area contributed by atoms with Gasteiger partial charge in [-0.2, -0.15) is 5.10 Å². The molecule has 8 nitrogen and oxygen atoms in total. The standard InChI is InChI=1S/C17H24N6O2/c1-12-6-7-16(20-19-12)23-8-4-5-14(10-23)22(3)11-17(24)18-15-9-13(2)25-21-15/h6-7,9,14H,4-5,8,10-11H2,1-3H3,(H,18,21,24)/t14-/m1/s1. The first-order valence-electron chi connectivity index (χ1n) is 8.50. The lowest BCUT2D eigenvalue weighted by molar-refractivity contribution is -0.117. The Hall–Kier alpha value is -2.48. The highest BCUT2D eigenvalue weighted by molar-refractivity contribution is 5.91. The molecule has 1 aliphatic heterocycles. The van der Waals surface area contributed by atoms with Gasteiger partial charge in [-0.3, -0.25) is 9.69 Å². The first-order chi connectivity index (χ1) is 12.0. The third kappa shape index (κ3) is 4.54. The molecule has 1 atom stereocenters. The SMILES string of the molecule is Cc1ccc(N2CCC[C@@H](N(C)CC(=O)Nc3cc(C)on3)C2)nn1. The summed E-state index contributed by atoms with van der Waals surface area (Å²) >= 11 is 0. The van der Waals surface area contributed by atoms with Gasteiger partial charge in [-0.1, -0.05) is 5.16 Å². The van der Waals surface area contributed by atoms with Crippen LogP contribution in [0.25, 0.3) is 0 Å². The summed E-state index contributed by atoms with van der Waals surface area (Å²) in [5, 5.41) is 15.0. The Morgan fingerprint density at radius 1 is 1.40 bits per heavy atom. The second-order valence-corrected chi connectivity index (χ2v) is 6.56. The number of anilines is 2. The molecule has 3 rings (SSSR count). The molecule has 1 N–H and O–H groups in total. The van der Waals surface area contributed by atoms with Crippen LogP contribution in [0, 0.1) is 13.8 Å². The second-order valence-electron chi connectivity index (χ2n) is 6.56. The van der Waals surface area contributed by atoms with Crippen molar-refractivity contribution in [1.82, 2.24) is 20.3 Å². The number of aryl methyl sites for hydroxylation is 2. The Balaban J connectivity index is 1.55. The molecule has 1 amide bonds. The van der Waals surface area contributed by atoms with Crippen LogP contribution in [0.4, 0.5) is 11.6 Å². The third-order valence-corrected chi connectivity index (χ3v) is 4.42. The van der Waals surface area contributed by atoms with Crippen LogP contribution in [0.15, 0.2) is 22.7 Å². The van der Waals surface area contributed by atoms with Crippen LogP contribution < -0.4 is 10.2 Å². The molecule has 2 aromatic rings. The van der Waals surface area contributed by atoms with Crippen LogP contribution in [0.1, 0.15) is 24.3 Å². The summed E-state index contributed by atoms with van der Waals surface area (Å²) in [7, 11) is 1.97. The van der Waals surface area contributed by atoms with Gasteiger partial charge >= 0.3 is 0 Å². The van der Waals surface area contributed by atoms with Gasteiger partial charge in [-0.15, -0.1) is 5.10 Å². The van der Waals surface area contributed by atoms with Crippen molar-refractivity contribution < 1.29 is 9.32 Å². The minimum Gasteiger partial charge on any atom is -0.360 e. The quantitative estimate of drug-likeness (QED) is 0.882. The van der Waals surface area contributed by atoms with Crippen LogP contribution in [0.3, 0.4) is 0 Å². The van der Waals surface area contributed by atoms with Gasteiger partial charge in [0.15, 0.2) is 11.6 Å². The summed E-state index contributed by atoms with van der Waals surface area (Å²) in [4.78, 5) is 16.5. The average molecular weight is 344 g/mol. The van der Waals surface area contributed by atoms with Crippen molar-refractivity contribution in [3.05, 3.63) is 29.7 Å². The minimum atomic E-state index is -0.0944. The summed E-state index contributed by atoms with van der Waals surface area (Å²) in [6.45, 7) is 5.83. The zero-order valence-corrected chi connectivity index (χ0v) is 14.9. The van der Waals surface area contributed by atoms with Crippen molar-refractivity contribution in [2.45, 2.75) is 32.7 Å². The van der Waals surface area contributed by atoms with E-state index in [1.54, 1.807) is 13.0 Å². The first-order valence-corrected chi connectivity index (χ1v) is 8.50. The maximum atomic E-state index is 12.2. The van der Waals surface area contributed by atoms with E-state index in [2.05, 4.69) is 30.5 Å². The molecule has 0 spiro atoms. The molecule has 25 heavy (non-hydrogen) atoms. The van der Waals surface area contributed by atoms with E-state index in [-0.39, 0.29) is 5.91 Å². The Morgan fingerprint density at radius 2 is 2.24 bits per heavy atom. The zero-order chi connectivity index (χ0) is 17.8. The topological polar surface area (TPSA) is 87.4 Å². The number of likely N-dealkylation sites (N-methyl/N-ethyl adjacent to an activating group) is 1. The van der Waals surface area contributed by atoms with E-state index < -0.39 is 0 Å². The number of rotatable bonds is 5. The number of amides is 1. The molecule has 8 heteroatoms. The Labute approximate surface area is 147 Å². The molecule has 3 heterocycles. The number of nitrogens with one attached hydrogen (secondary N) is 1. The van der Waals surface area contributed by atoms with E-state index in [4.69, 9.17) is 4.52 Å². The van der Waals surface area contributed by atoms with E-state index in [9.17, 15) is 4.79 Å². The van der Waals surface area contributed by atoms with Gasteiger partial charge in [0.1, 0.15) is 5.76 Å². The minimum absolute atomic E-state index is 0.0944. The molecule has 134 valence electrons. The second kappa shape index (κ2) is 7.60. The fourth-order valence-corrected chi connectivity index (χ4v) is 3.05. The van der Waals surface area contributed by atoms with Gasteiger partial charge in [-0.25, -0.2) is 0 Å². The molecule has 0 bridgehead atoms. The molecule has 0 aliphatic carbocycles. The predicted molar refractivity (Wildman–Crippen MR) is 94.5 cm³/mol. The van der Waals surface area contributed by atoms with E-state index >= 15 is 0 Å². The molecule has 0 unspecified atom stereocenters. The number of hydrogen-bond donors (Lipinski definition) is 1. The summed E-state index contributed by atoms with van der Waals surface area (Å²) in [6.07, 6.45) is 2.12. The molecule has 1 fully saturated rings. The van der Waals surface area contributed by atoms with Gasteiger partial charge in [0.2, 0.25) is 5.91 Å². The van der Waals surface area contributed by atoms with Crippen LogP contribution in [0.2, 0.25) is 0 Å². The van der Waals surface area contributed by atoms with Crippen LogP contribution in [-0.2, 0) is 4.79 Å². The van der Waals surface area contributed by atoms with Crippen molar-refractivity contribution >= 4 is 17.5 Å². The highest BCUT2D eigenvalue weighted by atomic mass is 16.5. The van der Waals surface area contributed by atoms with Gasteiger partial charge in [0.25, 0.3) is 0 Å². The van der Waals surface area contributed by atoms with E-state index in [1.165, 1.54) is 0 Å². The molecule has 1 aliphatic rings. The molecule has 0 aromatic carbocycles. The average Bonchev–Trinajstić information content (AvgIpc) is 3.00. The monoisotopic (exact) mass is 344 g/mol. The number of carbonyl (C=O) groups is 1. The smallest absolute Gasteiger partial charge is 0.239 e. The summed E-state index contributed by atoms with van der Waals surface area (Å²) < 4.78 is 4.96. The van der Waals surface area contributed by atoms with Crippen molar-refractivity contribution in [2.24, 2.45) is 0 Å². The predicted octanol–water partition coefficient (Wildman–Crippen LogP) is 1.62. The highest BCUT2D eigenvalue weighted by Crippen LogP contribution is 2.20. The summed E-state index contributed by atoms with van der Waals surface area (Å²) in [5.41, 5.74) is 0.911. The number of carbonyl (C=O) groups excluding carboxylic acids is 1. The third-order valence-electron chi connectivity index (χ3n) is 4.42. The molecule has 0 radical (unpaired) electrons. The summed E-state index contributed by atoms with van der Waals surface area (Å²) in [6, 6.07) is 5.98. The summed E-state index contributed by atoms with van der Waals surface area (Å²) in [5.74, 6) is 1.93. The molecule has 0 saturated carbocycles. The highest BCUT2D eigenvalue weighted by Gasteiger charge is 2.25. The number of hydrogen-bond acceptors (Lipinski definition) is 7. The maximum absolute atomic E-state index is 12.2. The van der Waals surface area contributed by atoms with Crippen molar-refractivity contribution in [1.29, 1.82) is 0 Å². The van der Waals surface area contributed by atoms with Gasteiger partial charge < -0.3 is 14.7 Å². The van der Waals surface area contributed by atoms with Gasteiger partial charge in [0.05, 0.1) is 12.2 Å². The van der Waals surface area contributed by atoms with Crippen molar-refractivity contribution in [3.63, 3.8) is 0 Å². The van der Waals surface area contributed by atoms with E-state index in [0.29, 0.717) is 24.2 Å². The first kappa shape index (κ1) is 17.3. The van der Waals surface area contributed by atoms with Gasteiger partial charge in [-0.05, 0) is 45.9 Å².